The Morgan fingerprint density at radius 1 is 1.35 bits per heavy atom. The highest BCUT2D eigenvalue weighted by Gasteiger charge is 2.24. The molecule has 2 heterocycles. The van der Waals surface area contributed by atoms with Crippen molar-refractivity contribution in [2.45, 2.75) is 32.8 Å². The summed E-state index contributed by atoms with van der Waals surface area (Å²) in [5.41, 5.74) is 2.59. The highest BCUT2D eigenvalue weighted by molar-refractivity contribution is 5.99. The lowest BCUT2D eigenvalue weighted by Crippen LogP contribution is -2.38. The van der Waals surface area contributed by atoms with Gasteiger partial charge in [0.2, 0.25) is 0 Å². The predicted octanol–water partition coefficient (Wildman–Crippen LogP) is 2.57. The molecular formula is C18H23NO4. The molecule has 1 amide bonds. The number of hydrogen-bond donors (Lipinski definition) is 2. The summed E-state index contributed by atoms with van der Waals surface area (Å²) in [5.74, 6) is 0.237. The van der Waals surface area contributed by atoms with E-state index in [0.717, 1.165) is 34.9 Å². The second-order valence-electron chi connectivity index (χ2n) is 6.23. The molecule has 23 heavy (non-hydrogen) atoms. The zero-order valence-corrected chi connectivity index (χ0v) is 13.6. The minimum absolute atomic E-state index is 0.183. The Morgan fingerprint density at radius 2 is 2.09 bits per heavy atom. The van der Waals surface area contributed by atoms with Crippen LogP contribution in [0, 0.1) is 19.8 Å². The minimum atomic E-state index is -0.547. The topological polar surface area (TPSA) is 71.7 Å². The third-order valence-electron chi connectivity index (χ3n) is 4.65. The molecule has 0 unspecified atom stereocenters. The Bertz CT molecular complexity index is 700. The van der Waals surface area contributed by atoms with E-state index in [1.165, 1.54) is 0 Å². The van der Waals surface area contributed by atoms with Crippen molar-refractivity contribution in [1.29, 1.82) is 0 Å². The third kappa shape index (κ3) is 3.26. The molecule has 0 radical (unpaired) electrons. The van der Waals surface area contributed by atoms with Crippen molar-refractivity contribution in [1.82, 2.24) is 5.32 Å². The summed E-state index contributed by atoms with van der Waals surface area (Å²) in [6.07, 6.45) is 1.12. The largest absolute Gasteiger partial charge is 0.450 e. The van der Waals surface area contributed by atoms with E-state index in [1.807, 2.05) is 32.0 Å². The van der Waals surface area contributed by atoms with Crippen LogP contribution in [0.25, 0.3) is 11.0 Å². The smallest absolute Gasteiger partial charge is 0.287 e. The van der Waals surface area contributed by atoms with Gasteiger partial charge in [-0.15, -0.1) is 0 Å². The van der Waals surface area contributed by atoms with Crippen molar-refractivity contribution in [3.63, 3.8) is 0 Å². The normalized spacial score (nSPS) is 17.3. The Labute approximate surface area is 135 Å². The van der Waals surface area contributed by atoms with E-state index in [2.05, 4.69) is 5.32 Å². The number of aliphatic hydroxyl groups is 1. The van der Waals surface area contributed by atoms with Gasteiger partial charge in [-0.2, -0.15) is 0 Å². The number of fused-ring (bicyclic) bond motifs is 1. The second kappa shape index (κ2) is 6.72. The summed E-state index contributed by atoms with van der Waals surface area (Å²) in [5, 5.41) is 14.0. The van der Waals surface area contributed by atoms with Crippen molar-refractivity contribution in [3.8, 4) is 0 Å². The van der Waals surface area contributed by atoms with E-state index < -0.39 is 6.10 Å². The van der Waals surface area contributed by atoms with Crippen LogP contribution in [0.15, 0.2) is 22.6 Å². The number of furan rings is 1. The number of aliphatic hydroxyl groups excluding tert-OH is 1. The molecule has 3 rings (SSSR count). The molecule has 1 aromatic heterocycles. The van der Waals surface area contributed by atoms with Gasteiger partial charge >= 0.3 is 0 Å². The average molecular weight is 317 g/mol. The Balaban J connectivity index is 1.68. The van der Waals surface area contributed by atoms with E-state index in [1.54, 1.807) is 0 Å². The average Bonchev–Trinajstić information content (AvgIpc) is 2.92. The molecule has 1 atom stereocenters. The lowest BCUT2D eigenvalue weighted by Gasteiger charge is -2.26. The summed E-state index contributed by atoms with van der Waals surface area (Å²) < 4.78 is 11.0. The lowest BCUT2D eigenvalue weighted by atomic mass is 9.94. The number of carbonyl (C=O) groups is 1. The molecule has 5 heteroatoms. The molecule has 1 fully saturated rings. The van der Waals surface area contributed by atoms with Gasteiger partial charge in [-0.3, -0.25) is 4.79 Å². The van der Waals surface area contributed by atoms with E-state index in [9.17, 15) is 9.90 Å². The van der Waals surface area contributed by atoms with Crippen LogP contribution in [-0.4, -0.2) is 36.9 Å². The molecule has 1 aliphatic rings. The first kappa shape index (κ1) is 16.0. The molecule has 124 valence electrons. The van der Waals surface area contributed by atoms with Gasteiger partial charge in [-0.1, -0.05) is 18.2 Å². The molecule has 0 aliphatic carbocycles. The van der Waals surface area contributed by atoms with Gasteiger partial charge in [0.05, 0.1) is 6.10 Å². The summed E-state index contributed by atoms with van der Waals surface area (Å²) in [6, 6.07) is 5.87. The highest BCUT2D eigenvalue weighted by Crippen LogP contribution is 2.27. The number of nitrogens with one attached hydrogen (secondary N) is 1. The first-order chi connectivity index (χ1) is 11.1. The minimum Gasteiger partial charge on any atom is -0.450 e. The monoisotopic (exact) mass is 317 g/mol. The van der Waals surface area contributed by atoms with Crippen LogP contribution in [0.4, 0.5) is 0 Å². The van der Waals surface area contributed by atoms with Crippen LogP contribution in [0.2, 0.25) is 0 Å². The van der Waals surface area contributed by atoms with Crippen LogP contribution in [0.3, 0.4) is 0 Å². The quantitative estimate of drug-likeness (QED) is 0.909. The molecule has 0 bridgehead atoms. The van der Waals surface area contributed by atoms with Crippen LogP contribution in [0.1, 0.15) is 34.5 Å². The van der Waals surface area contributed by atoms with Gasteiger partial charge in [0.25, 0.3) is 5.91 Å². The lowest BCUT2D eigenvalue weighted by molar-refractivity contribution is 0.00863. The molecule has 0 spiro atoms. The first-order valence-corrected chi connectivity index (χ1v) is 8.10. The number of carbonyl (C=O) groups excluding carboxylic acids is 1. The summed E-state index contributed by atoms with van der Waals surface area (Å²) in [4.78, 5) is 12.4. The van der Waals surface area contributed by atoms with Crippen molar-refractivity contribution in [2.75, 3.05) is 19.8 Å². The summed E-state index contributed by atoms with van der Waals surface area (Å²) >= 11 is 0. The van der Waals surface area contributed by atoms with Gasteiger partial charge in [-0.25, -0.2) is 0 Å². The van der Waals surface area contributed by atoms with E-state index in [4.69, 9.17) is 9.15 Å². The van der Waals surface area contributed by atoms with Crippen LogP contribution < -0.4 is 5.32 Å². The van der Waals surface area contributed by atoms with E-state index >= 15 is 0 Å². The Morgan fingerprint density at radius 3 is 2.78 bits per heavy atom. The molecule has 2 aromatic rings. The zero-order chi connectivity index (χ0) is 16.4. The number of ether oxygens (including phenoxy) is 1. The van der Waals surface area contributed by atoms with Crippen LogP contribution >= 0.6 is 0 Å². The maximum atomic E-state index is 12.4. The molecule has 0 saturated carbocycles. The Kier molecular flexibility index (Phi) is 4.68. The van der Waals surface area contributed by atoms with Crippen molar-refractivity contribution in [3.05, 3.63) is 35.1 Å². The van der Waals surface area contributed by atoms with Gasteiger partial charge in [0, 0.05) is 30.7 Å². The highest BCUT2D eigenvalue weighted by atomic mass is 16.5. The molecule has 5 nitrogen and oxygen atoms in total. The van der Waals surface area contributed by atoms with Crippen molar-refractivity contribution in [2.24, 2.45) is 5.92 Å². The number of rotatable bonds is 4. The van der Waals surface area contributed by atoms with E-state index in [0.29, 0.717) is 19.0 Å². The van der Waals surface area contributed by atoms with Gasteiger partial charge < -0.3 is 19.6 Å². The van der Waals surface area contributed by atoms with Gasteiger partial charge in [0.15, 0.2) is 5.76 Å². The molecular weight excluding hydrogens is 294 g/mol. The van der Waals surface area contributed by atoms with Crippen LogP contribution in [-0.2, 0) is 4.74 Å². The van der Waals surface area contributed by atoms with Gasteiger partial charge in [-0.05, 0) is 38.2 Å². The molecule has 2 N–H and O–H groups in total. The maximum absolute atomic E-state index is 12.4. The first-order valence-electron chi connectivity index (χ1n) is 8.10. The summed E-state index contributed by atoms with van der Waals surface area (Å²) in [7, 11) is 0. The van der Waals surface area contributed by atoms with Crippen molar-refractivity contribution < 1.29 is 19.1 Å². The number of benzene rings is 1. The molecule has 1 saturated heterocycles. The summed E-state index contributed by atoms with van der Waals surface area (Å²) in [6.45, 7) is 5.44. The fourth-order valence-electron chi connectivity index (χ4n) is 3.15. The Hall–Kier alpha value is -1.85. The molecule has 1 aliphatic heterocycles. The predicted molar refractivity (Wildman–Crippen MR) is 87.6 cm³/mol. The maximum Gasteiger partial charge on any atom is 0.287 e. The number of amides is 1. The zero-order valence-electron chi connectivity index (χ0n) is 13.6. The standard InChI is InChI=1S/C18H23NO4/c1-11-4-3-5-14-12(2)17(23-16(11)14)18(21)19-10-15(20)13-6-8-22-9-7-13/h3-5,13,15,20H,6-10H2,1-2H3,(H,19,21)/t15-/m1/s1. The second-order valence-corrected chi connectivity index (χ2v) is 6.23. The number of para-hydroxylation sites is 1. The molecule has 1 aromatic carbocycles. The van der Waals surface area contributed by atoms with E-state index in [-0.39, 0.29) is 18.4 Å². The SMILES string of the molecule is Cc1c(C(=O)NC[C@@H](O)C2CCOCC2)oc2c(C)cccc12. The third-order valence-corrected chi connectivity index (χ3v) is 4.65. The number of aryl methyl sites for hydroxylation is 2. The fraction of sp³-hybridized carbons (Fsp3) is 0.500. The van der Waals surface area contributed by atoms with Gasteiger partial charge in [0.1, 0.15) is 5.58 Å². The number of hydrogen-bond acceptors (Lipinski definition) is 4. The fourth-order valence-corrected chi connectivity index (χ4v) is 3.15. The van der Waals surface area contributed by atoms with Crippen LogP contribution in [0.5, 0.6) is 0 Å². The van der Waals surface area contributed by atoms with Crippen molar-refractivity contribution >= 4 is 16.9 Å².